The number of carbonyl (C=O) groups excluding carboxylic acids is 1. The van der Waals surface area contributed by atoms with Gasteiger partial charge in [-0.3, -0.25) is 10.1 Å². The molecule has 2 aromatic rings. The van der Waals surface area contributed by atoms with E-state index in [-0.39, 0.29) is 11.6 Å². The molecule has 0 radical (unpaired) electrons. The fourth-order valence-electron chi connectivity index (χ4n) is 1.19. The predicted molar refractivity (Wildman–Crippen MR) is 61.6 cm³/mol. The van der Waals surface area contributed by atoms with Crippen molar-refractivity contribution in [2.24, 2.45) is 0 Å². The van der Waals surface area contributed by atoms with Crippen LogP contribution in [0.1, 0.15) is 21.7 Å². The van der Waals surface area contributed by atoms with Crippen molar-refractivity contribution in [2.75, 3.05) is 5.32 Å². The number of carbonyl (C=O) groups is 1. The Morgan fingerprint density at radius 2 is 2.35 bits per heavy atom. The van der Waals surface area contributed by atoms with Gasteiger partial charge in [0, 0.05) is 0 Å². The van der Waals surface area contributed by atoms with Crippen molar-refractivity contribution in [2.45, 2.75) is 6.92 Å². The quantitative estimate of drug-likeness (QED) is 0.862. The highest BCUT2D eigenvalue weighted by Gasteiger charge is 2.10. The Morgan fingerprint density at radius 3 is 2.94 bits per heavy atom. The van der Waals surface area contributed by atoms with Crippen LogP contribution in [0, 0.1) is 18.3 Å². The molecule has 0 aliphatic rings. The number of nitrogens with zero attached hydrogens (tertiary/aromatic N) is 4. The molecule has 0 bridgehead atoms. The van der Waals surface area contributed by atoms with Crippen molar-refractivity contribution < 1.29 is 4.79 Å². The van der Waals surface area contributed by atoms with Crippen LogP contribution < -0.4 is 5.32 Å². The normalized spacial score (nSPS) is 9.65. The molecule has 0 aliphatic heterocycles. The smallest absolute Gasteiger partial charge is 0.276 e. The number of hydrogen-bond acceptors (Lipinski definition) is 6. The van der Waals surface area contributed by atoms with E-state index in [2.05, 4.69) is 20.5 Å². The van der Waals surface area contributed by atoms with Gasteiger partial charge in [-0.1, -0.05) is 11.3 Å². The van der Waals surface area contributed by atoms with Crippen LogP contribution in [0.4, 0.5) is 5.13 Å². The molecular formula is C10H7N5OS. The van der Waals surface area contributed by atoms with Crippen LogP contribution >= 0.6 is 11.3 Å². The van der Waals surface area contributed by atoms with Crippen molar-refractivity contribution in [3.63, 3.8) is 0 Å². The van der Waals surface area contributed by atoms with Crippen LogP contribution in [-0.4, -0.2) is 21.1 Å². The highest BCUT2D eigenvalue weighted by atomic mass is 32.1. The van der Waals surface area contributed by atoms with Crippen LogP contribution in [0.5, 0.6) is 0 Å². The molecule has 2 aromatic heterocycles. The summed E-state index contributed by atoms with van der Waals surface area (Å²) in [7, 11) is 0. The topological polar surface area (TPSA) is 91.6 Å². The fraction of sp³-hybridized carbons (Fsp3) is 0.100. The first-order chi connectivity index (χ1) is 8.20. The average molecular weight is 245 g/mol. The Morgan fingerprint density at radius 1 is 1.53 bits per heavy atom. The van der Waals surface area contributed by atoms with E-state index in [1.165, 1.54) is 22.9 Å². The lowest BCUT2D eigenvalue weighted by Gasteiger charge is -2.02. The Kier molecular flexibility index (Phi) is 3.07. The molecule has 0 saturated heterocycles. The molecule has 2 rings (SSSR count). The molecule has 0 aromatic carbocycles. The zero-order valence-corrected chi connectivity index (χ0v) is 9.65. The van der Waals surface area contributed by atoms with Gasteiger partial charge >= 0.3 is 0 Å². The summed E-state index contributed by atoms with van der Waals surface area (Å²) in [6, 6.07) is 5.06. The second-order valence-corrected chi connectivity index (χ2v) is 3.97. The summed E-state index contributed by atoms with van der Waals surface area (Å²) >= 11 is 1.22. The van der Waals surface area contributed by atoms with Gasteiger partial charge in [0.2, 0.25) is 5.13 Å². The Bertz CT molecular complexity index is 587. The summed E-state index contributed by atoms with van der Waals surface area (Å²) in [5, 5.41) is 19.0. The predicted octanol–water partition coefficient (Wildman–Crippen LogP) is 1.37. The molecule has 0 aliphatic carbocycles. The minimum absolute atomic E-state index is 0.247. The van der Waals surface area contributed by atoms with Gasteiger partial charge in [-0.2, -0.15) is 5.26 Å². The number of anilines is 1. The number of amides is 1. The third-order valence-electron chi connectivity index (χ3n) is 2.02. The third-order valence-corrected chi connectivity index (χ3v) is 2.63. The van der Waals surface area contributed by atoms with Crippen LogP contribution in [0.2, 0.25) is 0 Å². The van der Waals surface area contributed by atoms with E-state index in [1.54, 1.807) is 13.0 Å². The molecule has 0 spiro atoms. The molecule has 0 fully saturated rings. The molecule has 0 saturated carbocycles. The standard InChI is InChI=1S/C10H7N5OS/c1-6-7(4-11)2-3-8(13-6)9(16)14-10-15-12-5-17-10/h2-3,5H,1H3,(H,14,15,16). The number of aromatic nitrogens is 3. The molecule has 1 N–H and O–H groups in total. The summed E-state index contributed by atoms with van der Waals surface area (Å²) in [6.45, 7) is 1.68. The summed E-state index contributed by atoms with van der Waals surface area (Å²) in [5.74, 6) is -0.366. The molecule has 0 atom stereocenters. The van der Waals surface area contributed by atoms with E-state index in [0.29, 0.717) is 16.4 Å². The monoisotopic (exact) mass is 245 g/mol. The first-order valence-electron chi connectivity index (χ1n) is 4.66. The van der Waals surface area contributed by atoms with Crippen molar-refractivity contribution in [3.8, 4) is 6.07 Å². The van der Waals surface area contributed by atoms with Gasteiger partial charge in [0.1, 0.15) is 17.3 Å². The average Bonchev–Trinajstić information content (AvgIpc) is 2.81. The molecule has 2 heterocycles. The van der Waals surface area contributed by atoms with Gasteiger partial charge in [-0.25, -0.2) is 4.98 Å². The van der Waals surface area contributed by atoms with Gasteiger partial charge in [0.25, 0.3) is 5.91 Å². The number of nitriles is 1. The first-order valence-corrected chi connectivity index (χ1v) is 5.54. The van der Waals surface area contributed by atoms with E-state index < -0.39 is 0 Å². The van der Waals surface area contributed by atoms with E-state index in [9.17, 15) is 4.79 Å². The lowest BCUT2D eigenvalue weighted by Crippen LogP contribution is -2.14. The number of nitrogens with one attached hydrogen (secondary N) is 1. The van der Waals surface area contributed by atoms with Gasteiger partial charge < -0.3 is 0 Å². The highest BCUT2D eigenvalue weighted by Crippen LogP contribution is 2.11. The lowest BCUT2D eigenvalue weighted by atomic mass is 10.2. The second-order valence-electron chi connectivity index (χ2n) is 3.14. The molecule has 6 nitrogen and oxygen atoms in total. The van der Waals surface area contributed by atoms with Gasteiger partial charge in [-0.15, -0.1) is 10.2 Å². The highest BCUT2D eigenvalue weighted by molar-refractivity contribution is 7.13. The van der Waals surface area contributed by atoms with E-state index in [4.69, 9.17) is 5.26 Å². The maximum Gasteiger partial charge on any atom is 0.276 e. The van der Waals surface area contributed by atoms with Crippen molar-refractivity contribution in [1.29, 1.82) is 5.26 Å². The second kappa shape index (κ2) is 4.67. The lowest BCUT2D eigenvalue weighted by molar-refractivity contribution is 0.102. The minimum atomic E-state index is -0.366. The summed E-state index contributed by atoms with van der Waals surface area (Å²) in [4.78, 5) is 15.8. The Labute approximate surface area is 101 Å². The molecule has 84 valence electrons. The maximum atomic E-state index is 11.7. The van der Waals surface area contributed by atoms with Crippen molar-refractivity contribution >= 4 is 22.4 Å². The van der Waals surface area contributed by atoms with Crippen LogP contribution in [0.3, 0.4) is 0 Å². The van der Waals surface area contributed by atoms with Crippen LogP contribution in [0.25, 0.3) is 0 Å². The zero-order chi connectivity index (χ0) is 12.3. The van der Waals surface area contributed by atoms with E-state index in [0.717, 1.165) is 0 Å². The summed E-state index contributed by atoms with van der Waals surface area (Å²) < 4.78 is 0. The molecule has 7 heteroatoms. The van der Waals surface area contributed by atoms with Crippen molar-refractivity contribution in [1.82, 2.24) is 15.2 Å². The number of rotatable bonds is 2. The summed E-state index contributed by atoms with van der Waals surface area (Å²) in [6.07, 6.45) is 0. The van der Waals surface area contributed by atoms with E-state index >= 15 is 0 Å². The molecule has 17 heavy (non-hydrogen) atoms. The Balaban J connectivity index is 2.21. The van der Waals surface area contributed by atoms with Gasteiger partial charge in [0.15, 0.2) is 0 Å². The largest absolute Gasteiger partial charge is 0.295 e. The van der Waals surface area contributed by atoms with Gasteiger partial charge in [-0.05, 0) is 19.1 Å². The van der Waals surface area contributed by atoms with Crippen molar-refractivity contribution in [3.05, 3.63) is 34.6 Å². The minimum Gasteiger partial charge on any atom is -0.295 e. The number of pyridine rings is 1. The molecule has 1 amide bonds. The number of aryl methyl sites for hydroxylation is 1. The van der Waals surface area contributed by atoms with Crippen LogP contribution in [-0.2, 0) is 0 Å². The van der Waals surface area contributed by atoms with Crippen LogP contribution in [0.15, 0.2) is 17.6 Å². The van der Waals surface area contributed by atoms with Gasteiger partial charge in [0.05, 0.1) is 11.3 Å². The number of hydrogen-bond donors (Lipinski definition) is 1. The molecular weight excluding hydrogens is 238 g/mol. The maximum absolute atomic E-state index is 11.7. The Hall–Kier alpha value is -2.33. The SMILES string of the molecule is Cc1nc(C(=O)Nc2nncs2)ccc1C#N. The zero-order valence-electron chi connectivity index (χ0n) is 8.84. The summed E-state index contributed by atoms with van der Waals surface area (Å²) in [5.41, 5.74) is 2.75. The first kappa shape index (κ1) is 11.2. The third kappa shape index (κ3) is 2.43. The molecule has 0 unspecified atom stereocenters. The van der Waals surface area contributed by atoms with E-state index in [1.807, 2.05) is 6.07 Å². The fourth-order valence-corrected chi connectivity index (χ4v) is 1.63.